The Morgan fingerprint density at radius 3 is 2.41 bits per heavy atom. The second-order valence-corrected chi connectivity index (χ2v) is 20.6. The zero-order chi connectivity index (χ0) is 44.5. The molecule has 0 bridgehead atoms. The summed E-state index contributed by atoms with van der Waals surface area (Å²) in [6.45, 7) is 7.10. The van der Waals surface area contributed by atoms with Gasteiger partial charge < -0.3 is 15.3 Å². The molecular weight excluding hydrogens is 843 g/mol. The minimum atomic E-state index is -4.81. The third-order valence-electron chi connectivity index (χ3n) is 13.7. The molecule has 4 aromatic rings. The highest BCUT2D eigenvalue weighted by atomic mass is 32.2. The number of likely N-dealkylation sites (tertiary alicyclic amines) is 1. The number of piperidine rings is 2. The Balaban J connectivity index is 0.761. The van der Waals surface area contributed by atoms with Gasteiger partial charge in [-0.2, -0.15) is 18.3 Å². The van der Waals surface area contributed by atoms with Crippen molar-refractivity contribution in [2.45, 2.75) is 113 Å². The quantitative estimate of drug-likeness (QED) is 0.101. The van der Waals surface area contributed by atoms with E-state index in [9.17, 15) is 36.3 Å². The first-order valence-electron chi connectivity index (χ1n) is 21.5. The van der Waals surface area contributed by atoms with Crippen LogP contribution in [0.15, 0.2) is 66.0 Å². The van der Waals surface area contributed by atoms with Gasteiger partial charge >= 0.3 is 6.18 Å². The number of imide groups is 1. The molecule has 3 saturated heterocycles. The molecule has 2 spiro atoms. The number of benzene rings is 2. The lowest BCUT2D eigenvalue weighted by molar-refractivity contribution is -0.137. The second-order valence-electron chi connectivity index (χ2n) is 18.9. The number of alkyl halides is 3. The summed E-state index contributed by atoms with van der Waals surface area (Å²) in [5, 5.41) is 19.2. The Morgan fingerprint density at radius 1 is 0.984 bits per heavy atom. The van der Waals surface area contributed by atoms with Gasteiger partial charge in [0.15, 0.2) is 0 Å². The van der Waals surface area contributed by atoms with Gasteiger partial charge in [0.1, 0.15) is 11.4 Å². The molecule has 19 heteroatoms. The number of rotatable bonds is 11. The summed E-state index contributed by atoms with van der Waals surface area (Å²) in [5.74, 6) is -2.04. The summed E-state index contributed by atoms with van der Waals surface area (Å²) in [4.78, 5) is 36.6. The van der Waals surface area contributed by atoms with Crippen molar-refractivity contribution in [2.75, 3.05) is 36.4 Å². The van der Waals surface area contributed by atoms with Crippen LogP contribution in [0.2, 0.25) is 0 Å². The Hall–Kier alpha value is -4.98. The van der Waals surface area contributed by atoms with Crippen LogP contribution in [0.5, 0.6) is 0 Å². The highest BCUT2D eigenvalue weighted by molar-refractivity contribution is 7.89. The fraction of sp³-hybridized carbons (Fsp3) is 0.523. The molecular formula is C44H51F4N9O5S. The van der Waals surface area contributed by atoms with Crippen LogP contribution in [0.3, 0.4) is 0 Å². The largest absolute Gasteiger partial charge is 0.419 e. The summed E-state index contributed by atoms with van der Waals surface area (Å²) in [6, 6.07) is 11.6. The minimum Gasteiger partial charge on any atom is -0.389 e. The Kier molecular flexibility index (Phi) is 10.9. The average Bonchev–Trinajstić information content (AvgIpc) is 3.71. The second kappa shape index (κ2) is 15.9. The molecule has 2 aromatic heterocycles. The fourth-order valence-electron chi connectivity index (χ4n) is 10.2. The van der Waals surface area contributed by atoms with Gasteiger partial charge in [-0.1, -0.05) is 12.1 Å². The van der Waals surface area contributed by atoms with E-state index in [4.69, 9.17) is 0 Å². The molecule has 2 atom stereocenters. The van der Waals surface area contributed by atoms with Crippen LogP contribution in [0, 0.1) is 16.6 Å². The van der Waals surface area contributed by atoms with E-state index in [2.05, 4.69) is 52.4 Å². The van der Waals surface area contributed by atoms with Crippen LogP contribution in [0.4, 0.5) is 34.9 Å². The van der Waals surface area contributed by atoms with Gasteiger partial charge in [0, 0.05) is 60.7 Å². The smallest absolute Gasteiger partial charge is 0.389 e. The van der Waals surface area contributed by atoms with E-state index in [0.29, 0.717) is 37.9 Å². The predicted molar refractivity (Wildman–Crippen MR) is 225 cm³/mol. The van der Waals surface area contributed by atoms with Crippen LogP contribution in [-0.2, 0) is 32.3 Å². The molecule has 3 aliphatic heterocycles. The number of nitrogens with zero attached hydrogens (tertiary/aromatic N) is 6. The van der Waals surface area contributed by atoms with Crippen LogP contribution in [0.25, 0.3) is 11.3 Å². The molecule has 2 aromatic carbocycles. The van der Waals surface area contributed by atoms with E-state index in [1.54, 1.807) is 0 Å². The Morgan fingerprint density at radius 2 is 1.73 bits per heavy atom. The number of aromatic nitrogens is 4. The minimum absolute atomic E-state index is 0.00634. The van der Waals surface area contributed by atoms with E-state index < -0.39 is 38.9 Å². The van der Waals surface area contributed by atoms with Gasteiger partial charge in [0.05, 0.1) is 40.5 Å². The Labute approximate surface area is 362 Å². The lowest BCUT2D eigenvalue weighted by atomic mass is 9.71. The molecule has 5 heterocycles. The van der Waals surface area contributed by atoms with Gasteiger partial charge in [0.2, 0.25) is 27.8 Å². The number of hydrogen-bond acceptors (Lipinski definition) is 11. The van der Waals surface area contributed by atoms with Crippen LogP contribution < -0.4 is 20.3 Å². The summed E-state index contributed by atoms with van der Waals surface area (Å²) in [6.07, 6.45) is 5.63. The van der Waals surface area contributed by atoms with Crippen molar-refractivity contribution in [3.63, 3.8) is 0 Å². The molecule has 4 N–H and O–H groups in total. The number of halogens is 4. The van der Waals surface area contributed by atoms with Crippen molar-refractivity contribution in [3.05, 3.63) is 78.0 Å². The van der Waals surface area contributed by atoms with Gasteiger partial charge in [-0.15, -0.1) is 0 Å². The van der Waals surface area contributed by atoms with E-state index in [1.165, 1.54) is 43.1 Å². The molecule has 63 heavy (non-hydrogen) atoms. The summed E-state index contributed by atoms with van der Waals surface area (Å²) in [5.41, 5.74) is -0.512. The molecule has 2 amide bonds. The van der Waals surface area contributed by atoms with Crippen molar-refractivity contribution < 1.29 is 40.7 Å². The molecule has 0 radical (unpaired) electrons. The lowest BCUT2D eigenvalue weighted by Gasteiger charge is -2.55. The number of anilines is 3. The van der Waals surface area contributed by atoms with Crippen LogP contribution in [-0.4, -0.2) is 93.9 Å². The molecule has 14 nitrogen and oxygen atoms in total. The summed E-state index contributed by atoms with van der Waals surface area (Å²) in [7, 11) is -4.09. The van der Waals surface area contributed by atoms with Gasteiger partial charge in [-0.25, -0.2) is 27.5 Å². The maximum absolute atomic E-state index is 15.4. The monoisotopic (exact) mass is 893 g/mol. The third kappa shape index (κ3) is 9.06. The maximum Gasteiger partial charge on any atom is 0.419 e. The Bertz CT molecular complexity index is 2520. The van der Waals surface area contributed by atoms with Crippen molar-refractivity contribution in [1.29, 1.82) is 0 Å². The number of amides is 2. The molecule has 2 unspecified atom stereocenters. The number of carbonyl (C=O) groups is 2. The first kappa shape index (κ1) is 43.3. The van der Waals surface area contributed by atoms with Crippen molar-refractivity contribution >= 4 is 39.2 Å². The number of aliphatic hydroxyl groups is 1. The summed E-state index contributed by atoms with van der Waals surface area (Å²) < 4.78 is 88.2. The summed E-state index contributed by atoms with van der Waals surface area (Å²) >= 11 is 0. The van der Waals surface area contributed by atoms with E-state index in [1.807, 2.05) is 12.1 Å². The normalized spacial score (nSPS) is 25.3. The molecule has 5 aliphatic rings. The molecule has 9 rings (SSSR count). The molecule has 5 fully saturated rings. The average molecular weight is 894 g/mol. The number of nitrogens with one attached hydrogen (secondary N) is 3. The molecule has 2 saturated carbocycles. The highest BCUT2D eigenvalue weighted by Crippen LogP contribution is 2.60. The topological polar surface area (TPSA) is 175 Å². The lowest BCUT2D eigenvalue weighted by Crippen LogP contribution is -2.61. The zero-order valence-electron chi connectivity index (χ0n) is 35.1. The predicted octanol–water partition coefficient (Wildman–Crippen LogP) is 6.11. The number of sulfonamides is 1. The number of hydrogen-bond donors (Lipinski definition) is 4. The van der Waals surface area contributed by atoms with E-state index in [0.717, 1.165) is 75.6 Å². The SMILES string of the molecule is CC(C)(O)Cn1cc(-c2nc(Nc3ccc(S(=O)(=O)NC4CCC5(CC4)CC5N4CCC5(CC4)CN(c4cccc(C6CCC(=O)NC6=O)c4)C5)cc3F)ncc2C(F)(F)F)cn1. The highest BCUT2D eigenvalue weighted by Gasteiger charge is 2.59. The first-order chi connectivity index (χ1) is 29.8. The van der Waals surface area contributed by atoms with Crippen LogP contribution >= 0.6 is 0 Å². The maximum atomic E-state index is 15.4. The number of carbonyl (C=O) groups excluding carboxylic acids is 2. The van der Waals surface area contributed by atoms with E-state index >= 15 is 4.39 Å². The van der Waals surface area contributed by atoms with Gasteiger partial charge in [-0.3, -0.25) is 24.5 Å². The molecule has 336 valence electrons. The van der Waals surface area contributed by atoms with Gasteiger partial charge in [-0.05, 0) is 120 Å². The van der Waals surface area contributed by atoms with Crippen LogP contribution in [0.1, 0.15) is 88.7 Å². The van der Waals surface area contributed by atoms with Crippen molar-refractivity contribution in [1.82, 2.24) is 34.7 Å². The van der Waals surface area contributed by atoms with Gasteiger partial charge in [0.25, 0.3) is 0 Å². The fourth-order valence-corrected chi connectivity index (χ4v) is 11.5. The van der Waals surface area contributed by atoms with Crippen molar-refractivity contribution in [2.24, 2.45) is 10.8 Å². The standard InChI is InChI=1S/C44H51F4N9O5S/c1-41(2,60)24-57-23-28(21-50-57)38-33(44(46,47)48)22-49-40(53-38)51-35-8-6-31(19-34(35)45)63(61,62)54-29-10-12-43(13-11-29)20-36(43)55-16-14-42(15-17-55)25-56(26-42)30-5-3-4-27(18-30)32-7-9-37(58)52-39(32)59/h3-6,8,18-19,21-23,29,32,36,54,60H,7,9-17,20,24-26H2,1-2H3,(H,49,51,53)(H,52,58,59). The third-order valence-corrected chi connectivity index (χ3v) is 15.2. The van der Waals surface area contributed by atoms with E-state index in [-0.39, 0.29) is 63.2 Å². The zero-order valence-corrected chi connectivity index (χ0v) is 35.9. The first-order valence-corrected chi connectivity index (χ1v) is 23.0. The van der Waals surface area contributed by atoms with Crippen molar-refractivity contribution in [3.8, 4) is 11.3 Å². The molecule has 2 aliphatic carbocycles.